The number of anilines is 4. The first kappa shape index (κ1) is 18.8. The standard InChI is InChI=1S/C23H28N4OS/c24-16-6-3-5-15(13-16)23(28)26-19-7-4-8-20-22(19)25-18-10-9-17(14-21(18)29-20)27-11-1-2-12-27/h4,7-10,14-16,25H,1-3,5-6,11-13,24H2,(H,26,28). The van der Waals surface area contributed by atoms with Gasteiger partial charge in [-0.1, -0.05) is 24.2 Å². The van der Waals surface area contributed by atoms with E-state index in [1.165, 1.54) is 23.4 Å². The third-order valence-electron chi connectivity index (χ3n) is 6.29. The first-order valence-corrected chi connectivity index (χ1v) is 11.5. The van der Waals surface area contributed by atoms with Crippen LogP contribution in [-0.4, -0.2) is 25.0 Å². The van der Waals surface area contributed by atoms with Crippen LogP contribution in [0, 0.1) is 5.92 Å². The molecule has 5 rings (SSSR count). The minimum Gasteiger partial charge on any atom is -0.372 e. The quantitative estimate of drug-likeness (QED) is 0.572. The Morgan fingerprint density at radius 1 is 1.10 bits per heavy atom. The number of carbonyl (C=O) groups excluding carboxylic acids is 1. The van der Waals surface area contributed by atoms with E-state index < -0.39 is 0 Å². The highest BCUT2D eigenvalue weighted by molar-refractivity contribution is 7.99. The van der Waals surface area contributed by atoms with Crippen molar-refractivity contribution in [3.63, 3.8) is 0 Å². The summed E-state index contributed by atoms with van der Waals surface area (Å²) in [7, 11) is 0. The van der Waals surface area contributed by atoms with Crippen LogP contribution in [-0.2, 0) is 4.79 Å². The third kappa shape index (κ3) is 3.83. The fraction of sp³-hybridized carbons (Fsp3) is 0.435. The third-order valence-corrected chi connectivity index (χ3v) is 7.40. The smallest absolute Gasteiger partial charge is 0.227 e. The van der Waals surface area contributed by atoms with Gasteiger partial charge < -0.3 is 21.3 Å². The molecule has 6 heteroatoms. The summed E-state index contributed by atoms with van der Waals surface area (Å²) in [5, 5.41) is 6.73. The molecule has 3 aliphatic rings. The molecule has 2 aromatic rings. The SMILES string of the molecule is NC1CCCC(C(=O)Nc2cccc3c2Nc2ccc(N4CCCC4)cc2S3)C1. The van der Waals surface area contributed by atoms with E-state index in [0.717, 1.165) is 60.7 Å². The van der Waals surface area contributed by atoms with Gasteiger partial charge in [0.15, 0.2) is 0 Å². The lowest BCUT2D eigenvalue weighted by molar-refractivity contribution is -0.120. The number of rotatable bonds is 3. The van der Waals surface area contributed by atoms with E-state index in [1.54, 1.807) is 11.8 Å². The highest BCUT2D eigenvalue weighted by Gasteiger charge is 2.27. The van der Waals surface area contributed by atoms with Crippen LogP contribution < -0.4 is 21.3 Å². The minimum atomic E-state index is 0.0150. The summed E-state index contributed by atoms with van der Waals surface area (Å²) in [4.78, 5) is 17.7. The molecule has 1 amide bonds. The van der Waals surface area contributed by atoms with Crippen molar-refractivity contribution in [3.05, 3.63) is 36.4 Å². The summed E-state index contributed by atoms with van der Waals surface area (Å²) in [6, 6.07) is 12.9. The van der Waals surface area contributed by atoms with Gasteiger partial charge in [-0.15, -0.1) is 0 Å². The van der Waals surface area contributed by atoms with Crippen LogP contribution in [0.5, 0.6) is 0 Å². The minimum absolute atomic E-state index is 0.0150. The number of para-hydroxylation sites is 1. The van der Waals surface area contributed by atoms with Gasteiger partial charge >= 0.3 is 0 Å². The van der Waals surface area contributed by atoms with Crippen molar-refractivity contribution in [2.45, 2.75) is 54.4 Å². The Bertz CT molecular complexity index is 925. The number of carbonyl (C=O) groups is 1. The lowest BCUT2D eigenvalue weighted by atomic mass is 9.85. The zero-order chi connectivity index (χ0) is 19.8. The summed E-state index contributed by atoms with van der Waals surface area (Å²) < 4.78 is 0. The predicted molar refractivity (Wildman–Crippen MR) is 120 cm³/mol. The van der Waals surface area contributed by atoms with Crippen LogP contribution in [0.4, 0.5) is 22.7 Å². The summed E-state index contributed by atoms with van der Waals surface area (Å²) in [6.07, 6.45) is 6.33. The molecule has 5 nitrogen and oxygen atoms in total. The zero-order valence-corrected chi connectivity index (χ0v) is 17.4. The van der Waals surface area contributed by atoms with Gasteiger partial charge in [0.25, 0.3) is 0 Å². The fourth-order valence-electron chi connectivity index (χ4n) is 4.67. The molecule has 1 saturated heterocycles. The van der Waals surface area contributed by atoms with Crippen molar-refractivity contribution in [3.8, 4) is 0 Å². The van der Waals surface area contributed by atoms with Crippen LogP contribution in [0.25, 0.3) is 0 Å². The van der Waals surface area contributed by atoms with Crippen LogP contribution in [0.15, 0.2) is 46.2 Å². The monoisotopic (exact) mass is 408 g/mol. The molecule has 0 aromatic heterocycles. The van der Waals surface area contributed by atoms with Gasteiger partial charge in [0, 0.05) is 40.5 Å². The van der Waals surface area contributed by atoms with E-state index >= 15 is 0 Å². The Morgan fingerprint density at radius 2 is 1.97 bits per heavy atom. The van der Waals surface area contributed by atoms with Crippen LogP contribution >= 0.6 is 11.8 Å². The van der Waals surface area contributed by atoms with Crippen molar-refractivity contribution in [2.24, 2.45) is 11.7 Å². The maximum Gasteiger partial charge on any atom is 0.227 e. The molecular formula is C23H28N4OS. The maximum atomic E-state index is 12.8. The second-order valence-corrected chi connectivity index (χ2v) is 9.48. The lowest BCUT2D eigenvalue weighted by Crippen LogP contribution is -2.34. The Morgan fingerprint density at radius 3 is 2.79 bits per heavy atom. The normalized spacial score (nSPS) is 23.1. The number of amides is 1. The number of benzene rings is 2. The van der Waals surface area contributed by atoms with Crippen molar-refractivity contribution in [1.82, 2.24) is 0 Å². The van der Waals surface area contributed by atoms with Crippen molar-refractivity contribution < 1.29 is 4.79 Å². The van der Waals surface area contributed by atoms with Crippen molar-refractivity contribution in [2.75, 3.05) is 28.6 Å². The molecule has 2 aliphatic heterocycles. The average Bonchev–Trinajstić information content (AvgIpc) is 3.27. The highest BCUT2D eigenvalue weighted by Crippen LogP contribution is 2.48. The van der Waals surface area contributed by atoms with E-state index in [2.05, 4.69) is 39.8 Å². The van der Waals surface area contributed by atoms with Gasteiger partial charge in [-0.05, 0) is 62.4 Å². The Labute approximate surface area is 176 Å². The van der Waals surface area contributed by atoms with E-state index in [4.69, 9.17) is 5.73 Å². The fourth-order valence-corrected chi connectivity index (χ4v) is 5.73. The first-order chi connectivity index (χ1) is 14.2. The van der Waals surface area contributed by atoms with Gasteiger partial charge in [0.05, 0.1) is 17.1 Å². The number of nitrogens with zero attached hydrogens (tertiary/aromatic N) is 1. The molecule has 2 aromatic carbocycles. The van der Waals surface area contributed by atoms with Gasteiger partial charge in [0.2, 0.25) is 5.91 Å². The zero-order valence-electron chi connectivity index (χ0n) is 16.6. The summed E-state index contributed by atoms with van der Waals surface area (Å²) in [5.74, 6) is 0.108. The molecule has 1 saturated carbocycles. The summed E-state index contributed by atoms with van der Waals surface area (Å²) in [6.45, 7) is 2.29. The molecule has 2 heterocycles. The van der Waals surface area contributed by atoms with Crippen LogP contribution in [0.1, 0.15) is 38.5 Å². The van der Waals surface area contributed by atoms with Crippen molar-refractivity contribution in [1.29, 1.82) is 0 Å². The largest absolute Gasteiger partial charge is 0.372 e. The number of nitrogens with one attached hydrogen (secondary N) is 2. The van der Waals surface area contributed by atoms with Crippen LogP contribution in [0.2, 0.25) is 0 Å². The van der Waals surface area contributed by atoms with E-state index in [9.17, 15) is 4.79 Å². The predicted octanol–water partition coefficient (Wildman–Crippen LogP) is 4.95. The molecule has 4 N–H and O–H groups in total. The van der Waals surface area contributed by atoms with Gasteiger partial charge in [0.1, 0.15) is 0 Å². The lowest BCUT2D eigenvalue weighted by Gasteiger charge is -2.28. The molecule has 2 atom stereocenters. The topological polar surface area (TPSA) is 70.4 Å². The van der Waals surface area contributed by atoms with E-state index in [1.807, 2.05) is 12.1 Å². The Kier molecular flexibility index (Phi) is 5.14. The Balaban J connectivity index is 1.36. The molecule has 1 aliphatic carbocycles. The van der Waals surface area contributed by atoms with Gasteiger partial charge in [-0.3, -0.25) is 4.79 Å². The second kappa shape index (κ2) is 7.92. The first-order valence-electron chi connectivity index (χ1n) is 10.7. The molecule has 152 valence electrons. The molecular weight excluding hydrogens is 380 g/mol. The molecule has 0 bridgehead atoms. The Hall–Kier alpha value is -2.18. The summed E-state index contributed by atoms with van der Waals surface area (Å²) in [5.41, 5.74) is 10.3. The molecule has 2 fully saturated rings. The number of hydrogen-bond donors (Lipinski definition) is 3. The molecule has 29 heavy (non-hydrogen) atoms. The molecule has 0 radical (unpaired) electrons. The molecule has 2 unspecified atom stereocenters. The van der Waals surface area contributed by atoms with Crippen LogP contribution in [0.3, 0.4) is 0 Å². The summed E-state index contributed by atoms with van der Waals surface area (Å²) >= 11 is 1.77. The maximum absolute atomic E-state index is 12.8. The van der Waals surface area contributed by atoms with Gasteiger partial charge in [-0.2, -0.15) is 0 Å². The molecule has 0 spiro atoms. The second-order valence-electron chi connectivity index (χ2n) is 8.39. The number of fused-ring (bicyclic) bond motifs is 2. The van der Waals surface area contributed by atoms with E-state index in [-0.39, 0.29) is 17.9 Å². The number of hydrogen-bond acceptors (Lipinski definition) is 5. The van der Waals surface area contributed by atoms with Crippen molar-refractivity contribution >= 4 is 40.4 Å². The van der Waals surface area contributed by atoms with E-state index in [0.29, 0.717) is 0 Å². The van der Waals surface area contributed by atoms with Gasteiger partial charge in [-0.25, -0.2) is 0 Å². The number of nitrogens with two attached hydrogens (primary N) is 1. The average molecular weight is 409 g/mol. The highest BCUT2D eigenvalue weighted by atomic mass is 32.2.